The molecule has 0 aliphatic carbocycles. The standard InChI is InChI=1S/C32H35N3O4S/c1-6-39-27-12-10-23(17-28(27)38-5)18-30-32(37)33(4)26-19-24(11-13-29(26)40-30)31(36)34-14-15-35(22(3)20-34)25-9-7-8-21(2)16-25/h7-13,16-19,22H,6,14-15,20H2,1-5H3/b30-18+/t22-/m0/s1. The molecule has 5 rings (SSSR count). The van der Waals surface area contributed by atoms with Gasteiger partial charge in [0.15, 0.2) is 11.5 Å². The van der Waals surface area contributed by atoms with E-state index in [0.717, 1.165) is 22.7 Å². The highest BCUT2D eigenvalue weighted by molar-refractivity contribution is 8.04. The molecule has 1 fully saturated rings. The van der Waals surface area contributed by atoms with E-state index < -0.39 is 0 Å². The van der Waals surface area contributed by atoms with Gasteiger partial charge in [0.2, 0.25) is 0 Å². The number of amides is 2. The van der Waals surface area contributed by atoms with Crippen molar-refractivity contribution in [2.45, 2.75) is 31.7 Å². The minimum atomic E-state index is -0.115. The Bertz CT molecular complexity index is 1470. The summed E-state index contributed by atoms with van der Waals surface area (Å²) in [4.78, 5) is 34.3. The molecule has 0 saturated carbocycles. The lowest BCUT2D eigenvalue weighted by atomic mass is 10.1. The summed E-state index contributed by atoms with van der Waals surface area (Å²) in [7, 11) is 3.35. The molecule has 2 amide bonds. The van der Waals surface area contributed by atoms with E-state index in [1.54, 1.807) is 19.1 Å². The lowest BCUT2D eigenvalue weighted by Gasteiger charge is -2.41. The fourth-order valence-corrected chi connectivity index (χ4v) is 6.33. The van der Waals surface area contributed by atoms with Crippen molar-refractivity contribution in [3.63, 3.8) is 0 Å². The van der Waals surface area contributed by atoms with E-state index in [-0.39, 0.29) is 17.9 Å². The number of piperazine rings is 1. The number of nitrogens with zero attached hydrogens (tertiary/aromatic N) is 3. The molecular weight excluding hydrogens is 522 g/mol. The van der Waals surface area contributed by atoms with Crippen molar-refractivity contribution in [3.8, 4) is 11.5 Å². The first-order valence-electron chi connectivity index (χ1n) is 13.5. The zero-order valence-corrected chi connectivity index (χ0v) is 24.5. The number of likely N-dealkylation sites (N-methyl/N-ethyl adjacent to an activating group) is 1. The molecule has 7 nitrogen and oxygen atoms in total. The number of carbonyl (C=O) groups is 2. The molecule has 2 aliphatic rings. The molecule has 40 heavy (non-hydrogen) atoms. The normalized spacial score (nSPS) is 18.1. The van der Waals surface area contributed by atoms with Crippen LogP contribution >= 0.6 is 11.8 Å². The van der Waals surface area contributed by atoms with Crippen LogP contribution in [-0.2, 0) is 4.79 Å². The highest BCUT2D eigenvalue weighted by Crippen LogP contribution is 2.42. The van der Waals surface area contributed by atoms with Gasteiger partial charge in [-0.05, 0) is 80.4 Å². The van der Waals surface area contributed by atoms with Gasteiger partial charge in [-0.3, -0.25) is 9.59 Å². The summed E-state index contributed by atoms with van der Waals surface area (Å²) in [5.74, 6) is 1.17. The van der Waals surface area contributed by atoms with Gasteiger partial charge in [-0.2, -0.15) is 0 Å². The smallest absolute Gasteiger partial charge is 0.264 e. The lowest BCUT2D eigenvalue weighted by Crippen LogP contribution is -2.53. The number of aryl methyl sites for hydroxylation is 1. The van der Waals surface area contributed by atoms with Crippen LogP contribution in [0.15, 0.2) is 70.5 Å². The molecule has 0 bridgehead atoms. The summed E-state index contributed by atoms with van der Waals surface area (Å²) in [6, 6.07) is 20.0. The molecular formula is C32H35N3O4S. The maximum absolute atomic E-state index is 13.5. The van der Waals surface area contributed by atoms with Gasteiger partial charge in [-0.1, -0.05) is 30.0 Å². The van der Waals surface area contributed by atoms with Gasteiger partial charge in [0.1, 0.15) is 0 Å². The Kier molecular flexibility index (Phi) is 8.07. The molecule has 0 N–H and O–H groups in total. The van der Waals surface area contributed by atoms with E-state index in [0.29, 0.717) is 41.7 Å². The molecule has 1 saturated heterocycles. The topological polar surface area (TPSA) is 62.3 Å². The molecule has 0 unspecified atom stereocenters. The van der Waals surface area contributed by atoms with Crippen molar-refractivity contribution in [3.05, 3.63) is 82.3 Å². The van der Waals surface area contributed by atoms with Gasteiger partial charge in [0.05, 0.1) is 24.3 Å². The number of benzene rings is 3. The van der Waals surface area contributed by atoms with E-state index in [2.05, 4.69) is 43.0 Å². The summed E-state index contributed by atoms with van der Waals surface area (Å²) < 4.78 is 11.1. The van der Waals surface area contributed by atoms with Crippen molar-refractivity contribution in [2.24, 2.45) is 0 Å². The van der Waals surface area contributed by atoms with Crippen LogP contribution in [-0.4, -0.2) is 63.2 Å². The van der Waals surface area contributed by atoms with E-state index in [4.69, 9.17) is 9.47 Å². The number of hydrogen-bond donors (Lipinski definition) is 0. The average Bonchev–Trinajstić information content (AvgIpc) is 2.96. The van der Waals surface area contributed by atoms with Crippen molar-refractivity contribution in [1.82, 2.24) is 4.90 Å². The maximum Gasteiger partial charge on any atom is 0.264 e. The molecule has 3 aromatic rings. The Balaban J connectivity index is 1.32. The minimum Gasteiger partial charge on any atom is -0.493 e. The molecule has 208 valence electrons. The van der Waals surface area contributed by atoms with Crippen molar-refractivity contribution in [2.75, 3.05) is 50.2 Å². The molecule has 0 radical (unpaired) electrons. The molecule has 2 aliphatic heterocycles. The van der Waals surface area contributed by atoms with Crippen LogP contribution in [0.25, 0.3) is 6.08 Å². The fraction of sp³-hybridized carbons (Fsp3) is 0.312. The van der Waals surface area contributed by atoms with Gasteiger partial charge >= 0.3 is 0 Å². The number of methoxy groups -OCH3 is 1. The Hall–Kier alpha value is -3.91. The first-order chi connectivity index (χ1) is 19.3. The molecule has 1 atom stereocenters. The van der Waals surface area contributed by atoms with E-state index in [1.165, 1.54) is 23.0 Å². The van der Waals surface area contributed by atoms with Crippen molar-refractivity contribution in [1.29, 1.82) is 0 Å². The Labute approximate surface area is 240 Å². The van der Waals surface area contributed by atoms with E-state index in [1.807, 2.05) is 54.3 Å². The molecule has 2 heterocycles. The fourth-order valence-electron chi connectivity index (χ4n) is 5.24. The maximum atomic E-state index is 13.5. The molecule has 0 spiro atoms. The van der Waals surface area contributed by atoms with Crippen LogP contribution in [0.1, 0.15) is 35.3 Å². The quantitative estimate of drug-likeness (QED) is 0.354. The number of hydrogen-bond acceptors (Lipinski definition) is 6. The second-order valence-corrected chi connectivity index (χ2v) is 11.2. The summed E-state index contributed by atoms with van der Waals surface area (Å²) in [5.41, 5.74) is 4.61. The Morgan fingerprint density at radius 2 is 1.90 bits per heavy atom. The van der Waals surface area contributed by atoms with Crippen molar-refractivity contribution < 1.29 is 19.1 Å². The second kappa shape index (κ2) is 11.7. The van der Waals surface area contributed by atoms with Gasteiger partial charge < -0.3 is 24.2 Å². The monoisotopic (exact) mass is 557 g/mol. The number of thioether (sulfide) groups is 1. The summed E-state index contributed by atoms with van der Waals surface area (Å²) >= 11 is 1.41. The third-order valence-corrected chi connectivity index (χ3v) is 8.41. The highest BCUT2D eigenvalue weighted by Gasteiger charge is 2.31. The van der Waals surface area contributed by atoms with E-state index in [9.17, 15) is 9.59 Å². The predicted molar refractivity (Wildman–Crippen MR) is 162 cm³/mol. The van der Waals surface area contributed by atoms with Crippen LogP contribution in [0, 0.1) is 6.92 Å². The number of carbonyl (C=O) groups excluding carboxylic acids is 2. The largest absolute Gasteiger partial charge is 0.493 e. The van der Waals surface area contributed by atoms with Crippen LogP contribution in [0.5, 0.6) is 11.5 Å². The molecule has 8 heteroatoms. The van der Waals surface area contributed by atoms with Crippen molar-refractivity contribution >= 4 is 41.0 Å². The predicted octanol–water partition coefficient (Wildman–Crippen LogP) is 5.86. The van der Waals surface area contributed by atoms with Crippen LogP contribution < -0.4 is 19.3 Å². The Morgan fingerprint density at radius 1 is 1.07 bits per heavy atom. The number of ether oxygens (including phenoxy) is 2. The summed E-state index contributed by atoms with van der Waals surface area (Å²) in [5, 5.41) is 0. The van der Waals surface area contributed by atoms with Crippen LogP contribution in [0.3, 0.4) is 0 Å². The SMILES string of the molecule is CCOc1ccc(/C=C2/Sc3ccc(C(=O)N4CCN(c5cccc(C)c5)[C@@H](C)C4)cc3N(C)C2=O)cc1OC. The third kappa shape index (κ3) is 5.54. The lowest BCUT2D eigenvalue weighted by molar-refractivity contribution is -0.114. The summed E-state index contributed by atoms with van der Waals surface area (Å²) in [6.07, 6.45) is 1.86. The zero-order chi connectivity index (χ0) is 28.4. The van der Waals surface area contributed by atoms with Crippen LogP contribution in [0.2, 0.25) is 0 Å². The Morgan fingerprint density at radius 3 is 2.62 bits per heavy atom. The van der Waals surface area contributed by atoms with Gasteiger partial charge in [0.25, 0.3) is 11.8 Å². The van der Waals surface area contributed by atoms with Gasteiger partial charge in [-0.25, -0.2) is 0 Å². The number of rotatable bonds is 6. The third-order valence-electron chi connectivity index (χ3n) is 7.34. The first kappa shape index (κ1) is 27.6. The van der Waals surface area contributed by atoms with Gasteiger partial charge in [0, 0.05) is 48.9 Å². The summed E-state index contributed by atoms with van der Waals surface area (Å²) in [6.45, 7) is 8.79. The molecule has 0 aromatic heterocycles. The minimum absolute atomic E-state index is 0.00721. The number of fused-ring (bicyclic) bond motifs is 1. The van der Waals surface area contributed by atoms with Crippen LogP contribution in [0.4, 0.5) is 11.4 Å². The van der Waals surface area contributed by atoms with E-state index >= 15 is 0 Å². The zero-order valence-electron chi connectivity index (χ0n) is 23.6. The highest BCUT2D eigenvalue weighted by atomic mass is 32.2. The molecule has 3 aromatic carbocycles. The number of anilines is 2. The second-order valence-electron chi connectivity index (χ2n) is 10.1. The first-order valence-corrected chi connectivity index (χ1v) is 14.4. The average molecular weight is 558 g/mol. The van der Waals surface area contributed by atoms with Gasteiger partial charge in [-0.15, -0.1) is 0 Å².